The van der Waals surface area contributed by atoms with Crippen LogP contribution < -0.4 is 10.6 Å². The van der Waals surface area contributed by atoms with Gasteiger partial charge in [-0.2, -0.15) is 13.2 Å². The summed E-state index contributed by atoms with van der Waals surface area (Å²) in [7, 11) is 0. The molecule has 3 rings (SSSR count). The molecule has 2 aromatic rings. The van der Waals surface area contributed by atoms with Crippen LogP contribution in [0.5, 0.6) is 0 Å². The van der Waals surface area contributed by atoms with E-state index in [0.29, 0.717) is 5.82 Å². The average Bonchev–Trinajstić information content (AvgIpc) is 2.85. The number of imide groups is 1. The summed E-state index contributed by atoms with van der Waals surface area (Å²) in [6.45, 7) is 3.82. The monoisotopic (exact) mass is 424 g/mol. The predicted molar refractivity (Wildman–Crippen MR) is 104 cm³/mol. The minimum atomic E-state index is -4.41. The molecule has 29 heavy (non-hydrogen) atoms. The highest BCUT2D eigenvalue weighted by Gasteiger charge is 2.47. The van der Waals surface area contributed by atoms with E-state index in [2.05, 4.69) is 4.98 Å². The smallest absolute Gasteiger partial charge is 0.384 e. The molecule has 0 saturated carbocycles. The first kappa shape index (κ1) is 21.0. The maximum absolute atomic E-state index is 13.0. The van der Waals surface area contributed by atoms with Gasteiger partial charge in [-0.3, -0.25) is 4.79 Å². The van der Waals surface area contributed by atoms with E-state index >= 15 is 0 Å². The van der Waals surface area contributed by atoms with Gasteiger partial charge in [-0.25, -0.2) is 14.7 Å². The number of amides is 3. The molecule has 1 fully saturated rings. The summed E-state index contributed by atoms with van der Waals surface area (Å²) in [5.74, 6) is -0.268. The van der Waals surface area contributed by atoms with Gasteiger partial charge in [-0.05, 0) is 59.6 Å². The number of nitrogen functional groups attached to an aromatic ring is 1. The normalized spacial score (nSPS) is 17.5. The molecule has 3 amide bonds. The first-order chi connectivity index (χ1) is 13.6. The van der Waals surface area contributed by atoms with Crippen molar-refractivity contribution in [2.75, 3.05) is 10.6 Å². The van der Waals surface area contributed by atoms with Crippen molar-refractivity contribution in [1.82, 2.24) is 9.88 Å². The molecule has 1 aromatic heterocycles. The Bertz CT molecular complexity index is 918. The molecule has 0 spiro atoms. The Morgan fingerprint density at radius 1 is 1.17 bits per heavy atom. The Labute approximate surface area is 169 Å². The molecule has 1 aliphatic heterocycles. The van der Waals surface area contributed by atoms with Gasteiger partial charge >= 0.3 is 11.5 Å². The van der Waals surface area contributed by atoms with Crippen LogP contribution in [0.4, 0.5) is 29.5 Å². The summed E-state index contributed by atoms with van der Waals surface area (Å²) in [4.78, 5) is 32.4. The molecule has 2 N–H and O–H groups in total. The minimum Gasteiger partial charge on any atom is -0.384 e. The lowest BCUT2D eigenvalue weighted by atomic mass is 10.0. The fraction of sp³-hybridized carbons (Fsp3) is 0.316. The molecule has 6 nitrogen and oxygen atoms in total. The van der Waals surface area contributed by atoms with Gasteiger partial charge in [0.05, 0.1) is 5.69 Å². The number of nitrogens with zero attached hydrogens (tertiary/aromatic N) is 3. The molecule has 0 aliphatic carbocycles. The average molecular weight is 424 g/mol. The third kappa shape index (κ3) is 4.64. The molecule has 1 aliphatic rings. The topological polar surface area (TPSA) is 79.5 Å². The van der Waals surface area contributed by atoms with Crippen LogP contribution >= 0.6 is 11.8 Å². The van der Waals surface area contributed by atoms with Crippen molar-refractivity contribution in [2.45, 2.75) is 36.8 Å². The van der Waals surface area contributed by atoms with E-state index in [0.717, 1.165) is 10.5 Å². The van der Waals surface area contributed by atoms with Crippen LogP contribution in [0.2, 0.25) is 0 Å². The van der Waals surface area contributed by atoms with Crippen LogP contribution in [-0.2, 0) is 11.3 Å². The molecule has 0 unspecified atom stereocenters. The summed E-state index contributed by atoms with van der Waals surface area (Å²) >= 11 is -0.254. The highest BCUT2D eigenvalue weighted by Crippen LogP contribution is 2.38. The van der Waals surface area contributed by atoms with Gasteiger partial charge in [0.25, 0.3) is 5.91 Å². The van der Waals surface area contributed by atoms with Crippen molar-refractivity contribution >= 4 is 35.2 Å². The van der Waals surface area contributed by atoms with E-state index in [-0.39, 0.29) is 34.8 Å². The van der Waals surface area contributed by atoms with Crippen molar-refractivity contribution < 1.29 is 22.8 Å². The summed E-state index contributed by atoms with van der Waals surface area (Å²) in [5.41, 5.74) is 2.24. The third-order valence-corrected chi connectivity index (χ3v) is 5.14. The third-order valence-electron chi connectivity index (χ3n) is 4.40. The number of nitrogens with two attached hydrogens (primary N) is 1. The first-order valence-corrected chi connectivity index (χ1v) is 9.59. The van der Waals surface area contributed by atoms with Crippen LogP contribution in [-0.4, -0.2) is 33.4 Å². The van der Waals surface area contributed by atoms with Crippen LogP contribution in [0.3, 0.4) is 0 Å². The van der Waals surface area contributed by atoms with Gasteiger partial charge < -0.3 is 10.6 Å². The molecule has 2 heterocycles. The number of anilines is 2. The van der Waals surface area contributed by atoms with Gasteiger partial charge in [-0.15, -0.1) is 0 Å². The first-order valence-electron chi connectivity index (χ1n) is 8.77. The highest BCUT2D eigenvalue weighted by atomic mass is 32.2. The maximum Gasteiger partial charge on any atom is 0.446 e. The van der Waals surface area contributed by atoms with E-state index in [9.17, 15) is 22.8 Å². The van der Waals surface area contributed by atoms with Crippen LogP contribution in [0.1, 0.15) is 19.4 Å². The molecule has 1 saturated heterocycles. The molecule has 1 aromatic carbocycles. The largest absolute Gasteiger partial charge is 0.446 e. The van der Waals surface area contributed by atoms with Gasteiger partial charge in [0.1, 0.15) is 11.9 Å². The van der Waals surface area contributed by atoms with E-state index in [4.69, 9.17) is 5.73 Å². The van der Waals surface area contributed by atoms with Crippen molar-refractivity contribution in [3.8, 4) is 0 Å². The number of hydrogen-bond donors (Lipinski definition) is 1. The number of hydrogen-bond acceptors (Lipinski definition) is 5. The molecular formula is C19H19F3N4O2S. The fourth-order valence-electron chi connectivity index (χ4n) is 3.24. The van der Waals surface area contributed by atoms with Gasteiger partial charge in [0.15, 0.2) is 0 Å². The second-order valence-corrected chi connectivity index (χ2v) is 8.04. The van der Waals surface area contributed by atoms with Crippen LogP contribution in [0, 0.1) is 5.92 Å². The number of pyridine rings is 1. The standard InChI is InChI=1S/C19H19F3N4O2S/c1-11(2)16-17(27)26(13-3-5-14(6-4-13)29-19(20,21)22)18(28)25(16)10-12-7-8-24-15(23)9-12/h3-9,11,16H,10H2,1-2H3,(H2,23,24)/t16-/m0/s1. The Balaban J connectivity index is 1.88. The Morgan fingerprint density at radius 3 is 2.38 bits per heavy atom. The second kappa shape index (κ2) is 7.94. The SMILES string of the molecule is CC(C)[C@H]1C(=O)N(c2ccc(SC(F)(F)F)cc2)C(=O)N1Cc1ccnc(N)c1. The zero-order valence-corrected chi connectivity index (χ0v) is 16.5. The van der Waals surface area contributed by atoms with Gasteiger partial charge in [0, 0.05) is 17.6 Å². The number of rotatable bonds is 5. The van der Waals surface area contributed by atoms with Gasteiger partial charge in [0.2, 0.25) is 0 Å². The van der Waals surface area contributed by atoms with E-state index in [1.54, 1.807) is 12.1 Å². The van der Waals surface area contributed by atoms with Crippen molar-refractivity contribution in [3.05, 3.63) is 48.2 Å². The molecule has 10 heteroatoms. The number of urea groups is 1. The number of halogens is 3. The Kier molecular flexibility index (Phi) is 5.74. The maximum atomic E-state index is 13.0. The summed E-state index contributed by atoms with van der Waals surface area (Å²) in [5, 5.41) is 0. The van der Waals surface area contributed by atoms with Crippen molar-refractivity contribution in [2.24, 2.45) is 5.92 Å². The minimum absolute atomic E-state index is 0.0233. The zero-order chi connectivity index (χ0) is 21.3. The summed E-state index contributed by atoms with van der Waals surface area (Å²) < 4.78 is 37.6. The number of carbonyl (C=O) groups excluding carboxylic acids is 2. The lowest BCUT2D eigenvalue weighted by Crippen LogP contribution is -2.38. The second-order valence-electron chi connectivity index (χ2n) is 6.90. The number of aromatic nitrogens is 1. The van der Waals surface area contributed by atoms with E-state index in [1.165, 1.54) is 35.4 Å². The number of carbonyl (C=O) groups is 2. The number of benzene rings is 1. The summed E-state index contributed by atoms with van der Waals surface area (Å²) in [6.07, 6.45) is 1.52. The zero-order valence-electron chi connectivity index (χ0n) is 15.7. The molecule has 0 bridgehead atoms. The van der Waals surface area contributed by atoms with Crippen LogP contribution in [0.25, 0.3) is 0 Å². The van der Waals surface area contributed by atoms with Crippen LogP contribution in [0.15, 0.2) is 47.5 Å². The number of alkyl halides is 3. The molecular weight excluding hydrogens is 405 g/mol. The van der Waals surface area contributed by atoms with E-state index in [1.807, 2.05) is 13.8 Å². The number of thioether (sulfide) groups is 1. The quantitative estimate of drug-likeness (QED) is 0.573. The van der Waals surface area contributed by atoms with Crippen molar-refractivity contribution in [1.29, 1.82) is 0 Å². The lowest BCUT2D eigenvalue weighted by molar-refractivity contribution is -0.120. The molecule has 1 atom stereocenters. The predicted octanol–water partition coefficient (Wildman–Crippen LogP) is 4.27. The highest BCUT2D eigenvalue weighted by molar-refractivity contribution is 8.00. The fourth-order valence-corrected chi connectivity index (χ4v) is 3.78. The lowest BCUT2D eigenvalue weighted by Gasteiger charge is -2.24. The summed E-state index contributed by atoms with van der Waals surface area (Å²) in [6, 6.07) is 7.28. The Hall–Kier alpha value is -2.75. The Morgan fingerprint density at radius 2 is 1.83 bits per heavy atom. The molecule has 154 valence electrons. The van der Waals surface area contributed by atoms with E-state index < -0.39 is 23.5 Å². The van der Waals surface area contributed by atoms with Crippen molar-refractivity contribution in [3.63, 3.8) is 0 Å². The van der Waals surface area contributed by atoms with Gasteiger partial charge in [-0.1, -0.05) is 13.8 Å². The molecule has 0 radical (unpaired) electrons.